The maximum atomic E-state index is 2.39. The minimum absolute atomic E-state index is 1.02. The first-order valence-corrected chi connectivity index (χ1v) is 13.3. The summed E-state index contributed by atoms with van der Waals surface area (Å²) in [6, 6.07) is 36.0. The van der Waals surface area contributed by atoms with Crippen LogP contribution in [0, 0.1) is 0 Å². The van der Waals surface area contributed by atoms with Crippen molar-refractivity contribution in [1.82, 2.24) is 0 Å². The summed E-state index contributed by atoms with van der Waals surface area (Å²) in [6.07, 6.45) is 0. The Morgan fingerprint density at radius 3 is 0.917 bits per heavy atom. The Hall–Kier alpha value is -3.78. The molecule has 0 aliphatic carbocycles. The fourth-order valence-electron chi connectivity index (χ4n) is 5.61. The van der Waals surface area contributed by atoms with Crippen molar-refractivity contribution in [3.63, 3.8) is 0 Å². The molecule has 0 fully saturated rings. The normalized spacial score (nSPS) is 11.2. The van der Waals surface area contributed by atoms with Gasteiger partial charge in [-0.15, -0.1) is 0 Å². The van der Waals surface area contributed by atoms with Crippen LogP contribution in [0.25, 0.3) is 43.8 Å². The predicted molar refractivity (Wildman–Crippen MR) is 159 cm³/mol. The average Bonchev–Trinajstić information content (AvgIpc) is 2.94. The number of hydrogen-bond acceptors (Lipinski definition) is 2. The first-order chi connectivity index (χ1) is 17.7. The second-order valence-corrected chi connectivity index (χ2v) is 9.28. The molecule has 5 aromatic carbocycles. The molecule has 2 heteroatoms. The zero-order valence-electron chi connectivity index (χ0n) is 22.0. The smallest absolute Gasteiger partial charge is 0.0366 e. The van der Waals surface area contributed by atoms with Crippen molar-refractivity contribution in [2.45, 2.75) is 27.7 Å². The summed E-state index contributed by atoms with van der Waals surface area (Å²) < 4.78 is 0. The van der Waals surface area contributed by atoms with E-state index in [1.165, 1.54) is 55.2 Å². The molecule has 0 aliphatic heterocycles. The fraction of sp³-hybridized carbons (Fsp3) is 0.235. The Labute approximate surface area is 215 Å². The summed E-state index contributed by atoms with van der Waals surface area (Å²) >= 11 is 0. The molecular formula is C34H36N2. The summed E-state index contributed by atoms with van der Waals surface area (Å²) in [4.78, 5) is 4.79. The van der Waals surface area contributed by atoms with E-state index in [-0.39, 0.29) is 0 Å². The molecule has 0 saturated carbocycles. The quantitative estimate of drug-likeness (QED) is 0.208. The van der Waals surface area contributed by atoms with Gasteiger partial charge in [-0.25, -0.2) is 0 Å². The lowest BCUT2D eigenvalue weighted by atomic mass is 9.86. The zero-order valence-corrected chi connectivity index (χ0v) is 22.0. The van der Waals surface area contributed by atoms with Crippen LogP contribution in [0.4, 0.5) is 11.4 Å². The molecule has 0 aliphatic rings. The molecular weight excluding hydrogens is 436 g/mol. The maximum absolute atomic E-state index is 2.39. The molecule has 0 amide bonds. The van der Waals surface area contributed by atoms with Gasteiger partial charge in [-0.3, -0.25) is 0 Å². The van der Waals surface area contributed by atoms with Crippen LogP contribution in [0.15, 0.2) is 97.1 Å². The molecule has 2 nitrogen and oxygen atoms in total. The van der Waals surface area contributed by atoms with Gasteiger partial charge in [-0.05, 0) is 95.8 Å². The number of benzene rings is 5. The number of hydrogen-bond donors (Lipinski definition) is 0. The van der Waals surface area contributed by atoms with Crippen LogP contribution >= 0.6 is 0 Å². The van der Waals surface area contributed by atoms with E-state index < -0.39 is 0 Å². The van der Waals surface area contributed by atoms with Gasteiger partial charge in [0, 0.05) is 37.6 Å². The van der Waals surface area contributed by atoms with Crippen LogP contribution in [-0.2, 0) is 0 Å². The Morgan fingerprint density at radius 2 is 0.667 bits per heavy atom. The van der Waals surface area contributed by atoms with Gasteiger partial charge in [0.05, 0.1) is 0 Å². The second kappa shape index (κ2) is 10.5. The first-order valence-electron chi connectivity index (χ1n) is 13.3. The lowest BCUT2D eigenvalue weighted by Crippen LogP contribution is -2.21. The lowest BCUT2D eigenvalue weighted by molar-refractivity contribution is 0.866. The van der Waals surface area contributed by atoms with Gasteiger partial charge in [0.15, 0.2) is 0 Å². The Balaban J connectivity index is 1.73. The van der Waals surface area contributed by atoms with Crippen molar-refractivity contribution in [1.29, 1.82) is 0 Å². The van der Waals surface area contributed by atoms with E-state index in [1.807, 2.05) is 0 Å². The van der Waals surface area contributed by atoms with Crippen molar-refractivity contribution in [3.8, 4) is 22.3 Å². The number of nitrogens with zero attached hydrogens (tertiary/aromatic N) is 2. The third-order valence-electron chi connectivity index (χ3n) is 7.50. The van der Waals surface area contributed by atoms with Crippen molar-refractivity contribution in [2.24, 2.45) is 0 Å². The van der Waals surface area contributed by atoms with Gasteiger partial charge in [-0.2, -0.15) is 0 Å². The Bertz CT molecular complexity index is 1290. The molecule has 0 heterocycles. The standard InChI is InChI=1S/C34H36N2/c1-5-35(6-2)27-21-17-25(18-22-27)33-29-13-9-11-15-31(29)34(32-16-12-10-14-30(32)33)26-19-23-28(24-20-26)36(7-3)8-4/h9-24H,5-8H2,1-4H3. The van der Waals surface area contributed by atoms with Crippen molar-refractivity contribution in [3.05, 3.63) is 97.1 Å². The Morgan fingerprint density at radius 1 is 0.389 bits per heavy atom. The van der Waals surface area contributed by atoms with E-state index in [9.17, 15) is 0 Å². The predicted octanol–water partition coefficient (Wildman–Crippen LogP) is 9.02. The summed E-state index contributed by atoms with van der Waals surface area (Å²) in [5, 5.41) is 5.20. The molecule has 0 spiro atoms. The van der Waals surface area contributed by atoms with Crippen LogP contribution < -0.4 is 9.80 Å². The summed E-state index contributed by atoms with van der Waals surface area (Å²) in [6.45, 7) is 12.9. The highest BCUT2D eigenvalue weighted by Gasteiger charge is 2.17. The fourth-order valence-corrected chi connectivity index (χ4v) is 5.61. The molecule has 182 valence electrons. The van der Waals surface area contributed by atoms with Crippen LogP contribution in [0.5, 0.6) is 0 Å². The average molecular weight is 473 g/mol. The zero-order chi connectivity index (χ0) is 25.1. The molecule has 0 bridgehead atoms. The van der Waals surface area contributed by atoms with Crippen molar-refractivity contribution >= 4 is 32.9 Å². The highest BCUT2D eigenvalue weighted by atomic mass is 15.1. The van der Waals surface area contributed by atoms with Crippen molar-refractivity contribution in [2.75, 3.05) is 36.0 Å². The maximum Gasteiger partial charge on any atom is 0.0366 e. The number of rotatable bonds is 8. The Kier molecular flexibility index (Phi) is 6.95. The van der Waals surface area contributed by atoms with Gasteiger partial charge < -0.3 is 9.80 Å². The number of anilines is 2. The summed E-state index contributed by atoms with van der Waals surface area (Å²) in [5.74, 6) is 0. The highest BCUT2D eigenvalue weighted by Crippen LogP contribution is 2.44. The van der Waals surface area contributed by atoms with E-state index in [1.54, 1.807) is 0 Å². The van der Waals surface area contributed by atoms with Gasteiger partial charge >= 0.3 is 0 Å². The van der Waals surface area contributed by atoms with Gasteiger partial charge in [-0.1, -0.05) is 72.8 Å². The van der Waals surface area contributed by atoms with Crippen LogP contribution in [-0.4, -0.2) is 26.2 Å². The molecule has 0 aromatic heterocycles. The monoisotopic (exact) mass is 472 g/mol. The van der Waals surface area contributed by atoms with Gasteiger partial charge in [0.25, 0.3) is 0 Å². The van der Waals surface area contributed by atoms with Gasteiger partial charge in [0.2, 0.25) is 0 Å². The second-order valence-electron chi connectivity index (χ2n) is 9.28. The van der Waals surface area contributed by atoms with Crippen LogP contribution in [0.1, 0.15) is 27.7 Å². The first kappa shape index (κ1) is 23.9. The molecule has 36 heavy (non-hydrogen) atoms. The topological polar surface area (TPSA) is 6.48 Å². The largest absolute Gasteiger partial charge is 0.372 e. The molecule has 0 N–H and O–H groups in total. The molecule has 0 saturated heterocycles. The summed E-state index contributed by atoms with van der Waals surface area (Å²) in [5.41, 5.74) is 7.72. The van der Waals surface area contributed by atoms with E-state index in [2.05, 4.69) is 135 Å². The van der Waals surface area contributed by atoms with E-state index in [0.29, 0.717) is 0 Å². The third-order valence-corrected chi connectivity index (χ3v) is 7.50. The summed E-state index contributed by atoms with van der Waals surface area (Å²) in [7, 11) is 0. The van der Waals surface area contributed by atoms with E-state index in [0.717, 1.165) is 26.2 Å². The van der Waals surface area contributed by atoms with E-state index in [4.69, 9.17) is 0 Å². The number of fused-ring (bicyclic) bond motifs is 2. The SMILES string of the molecule is CCN(CC)c1ccc(-c2c3ccccc3c(-c3ccc(N(CC)CC)cc3)c3ccccc23)cc1. The van der Waals surface area contributed by atoms with Crippen LogP contribution in [0.3, 0.4) is 0 Å². The minimum Gasteiger partial charge on any atom is -0.372 e. The van der Waals surface area contributed by atoms with Gasteiger partial charge in [0.1, 0.15) is 0 Å². The molecule has 5 aromatic rings. The van der Waals surface area contributed by atoms with Crippen molar-refractivity contribution < 1.29 is 0 Å². The lowest BCUT2D eigenvalue weighted by Gasteiger charge is -2.22. The molecule has 5 rings (SSSR count). The molecule has 0 atom stereocenters. The minimum atomic E-state index is 1.02. The molecule has 0 radical (unpaired) electrons. The van der Waals surface area contributed by atoms with Crippen LogP contribution in [0.2, 0.25) is 0 Å². The molecule has 0 unspecified atom stereocenters. The van der Waals surface area contributed by atoms with E-state index >= 15 is 0 Å². The highest BCUT2D eigenvalue weighted by molar-refractivity contribution is 6.21. The third kappa shape index (κ3) is 4.22.